The van der Waals surface area contributed by atoms with Gasteiger partial charge in [-0.2, -0.15) is 0 Å². The molecule has 0 unspecified atom stereocenters. The van der Waals surface area contributed by atoms with Gasteiger partial charge in [-0.05, 0) is 32.6 Å². The van der Waals surface area contributed by atoms with Crippen LogP contribution in [0.5, 0.6) is 0 Å². The highest BCUT2D eigenvalue weighted by Gasteiger charge is 2.12. The van der Waals surface area contributed by atoms with Crippen molar-refractivity contribution in [2.75, 3.05) is 6.61 Å². The first-order valence-corrected chi connectivity index (χ1v) is 9.06. The van der Waals surface area contributed by atoms with Crippen LogP contribution in [-0.2, 0) is 0 Å². The van der Waals surface area contributed by atoms with E-state index in [-0.39, 0.29) is 12.6 Å². The summed E-state index contributed by atoms with van der Waals surface area (Å²) in [6.45, 7) is 4.39. The number of hydrogen-bond acceptors (Lipinski definition) is 2. The summed E-state index contributed by atoms with van der Waals surface area (Å²) in [7, 11) is 0. The van der Waals surface area contributed by atoms with Gasteiger partial charge in [0.15, 0.2) is 0 Å². The average Bonchev–Trinajstić information content (AvgIpc) is 2.52. The molecule has 0 fully saturated rings. The van der Waals surface area contributed by atoms with Gasteiger partial charge in [0.25, 0.3) is 0 Å². The summed E-state index contributed by atoms with van der Waals surface area (Å²) in [5.41, 5.74) is 5.17. The van der Waals surface area contributed by atoms with Crippen LogP contribution in [0.15, 0.2) is 23.8 Å². The molecule has 0 heterocycles. The van der Waals surface area contributed by atoms with Gasteiger partial charge in [0.1, 0.15) is 12.1 Å². The first-order chi connectivity index (χ1) is 10.6. The van der Waals surface area contributed by atoms with Crippen LogP contribution in [0.4, 0.5) is 0 Å². The molecule has 2 atom stereocenters. The number of quaternary nitrogens is 1. The molecular formula is C19H38NO2+. The second-order valence-corrected chi connectivity index (χ2v) is 6.36. The summed E-state index contributed by atoms with van der Waals surface area (Å²) in [6.07, 6.45) is 18.1. The SMILES string of the molecule is CCCCCCCCC/C(C)=C/CC/C=C/[C@@H](O)[C@@H]([NH3+])CO. The molecule has 22 heavy (non-hydrogen) atoms. The fraction of sp³-hybridized carbons (Fsp3) is 0.789. The summed E-state index contributed by atoms with van der Waals surface area (Å²) in [6, 6.07) is -0.328. The third-order valence-corrected chi connectivity index (χ3v) is 4.05. The second-order valence-electron chi connectivity index (χ2n) is 6.36. The highest BCUT2D eigenvalue weighted by molar-refractivity contribution is 5.00. The van der Waals surface area contributed by atoms with Crippen molar-refractivity contribution in [3.63, 3.8) is 0 Å². The molecule has 0 aliphatic heterocycles. The van der Waals surface area contributed by atoms with E-state index in [1.807, 2.05) is 6.08 Å². The van der Waals surface area contributed by atoms with Crippen LogP contribution in [0.25, 0.3) is 0 Å². The van der Waals surface area contributed by atoms with Crippen LogP contribution in [0, 0.1) is 0 Å². The number of aliphatic hydroxyl groups is 2. The number of unbranched alkanes of at least 4 members (excludes halogenated alkanes) is 7. The van der Waals surface area contributed by atoms with Gasteiger partial charge >= 0.3 is 0 Å². The van der Waals surface area contributed by atoms with Crippen LogP contribution in [0.3, 0.4) is 0 Å². The van der Waals surface area contributed by atoms with Crippen molar-refractivity contribution >= 4 is 0 Å². The molecule has 0 aromatic rings. The van der Waals surface area contributed by atoms with Gasteiger partial charge in [-0.25, -0.2) is 0 Å². The predicted molar refractivity (Wildman–Crippen MR) is 94.5 cm³/mol. The molecular weight excluding hydrogens is 274 g/mol. The molecule has 130 valence electrons. The van der Waals surface area contributed by atoms with Crippen molar-refractivity contribution < 1.29 is 15.9 Å². The molecule has 0 radical (unpaired) electrons. The van der Waals surface area contributed by atoms with E-state index in [2.05, 4.69) is 25.7 Å². The summed E-state index contributed by atoms with van der Waals surface area (Å²) in [5.74, 6) is 0. The predicted octanol–water partition coefficient (Wildman–Crippen LogP) is 3.37. The molecule has 5 N–H and O–H groups in total. The van der Waals surface area contributed by atoms with E-state index in [1.165, 1.54) is 56.9 Å². The zero-order valence-electron chi connectivity index (χ0n) is 14.8. The molecule has 0 spiro atoms. The van der Waals surface area contributed by atoms with Crippen molar-refractivity contribution in [2.24, 2.45) is 0 Å². The maximum absolute atomic E-state index is 9.62. The molecule has 0 rings (SSSR count). The maximum atomic E-state index is 9.62. The van der Waals surface area contributed by atoms with Crippen molar-refractivity contribution in [3.8, 4) is 0 Å². The Bertz CT molecular complexity index is 300. The van der Waals surface area contributed by atoms with Crippen LogP contribution >= 0.6 is 0 Å². The molecule has 0 saturated carbocycles. The summed E-state index contributed by atoms with van der Waals surface area (Å²) < 4.78 is 0. The molecule has 0 aromatic heterocycles. The summed E-state index contributed by atoms with van der Waals surface area (Å²) >= 11 is 0. The average molecular weight is 313 g/mol. The molecule has 3 nitrogen and oxygen atoms in total. The topological polar surface area (TPSA) is 68.1 Å². The van der Waals surface area contributed by atoms with E-state index in [4.69, 9.17) is 5.11 Å². The van der Waals surface area contributed by atoms with Gasteiger partial charge in [-0.1, -0.05) is 69.2 Å². The second kappa shape index (κ2) is 15.3. The lowest BCUT2D eigenvalue weighted by molar-refractivity contribution is -0.438. The van der Waals surface area contributed by atoms with Gasteiger partial charge < -0.3 is 15.9 Å². The van der Waals surface area contributed by atoms with Crippen LogP contribution in [-0.4, -0.2) is 29.0 Å². The Kier molecular flexibility index (Phi) is 14.8. The lowest BCUT2D eigenvalue weighted by atomic mass is 10.0. The molecule has 0 saturated heterocycles. The van der Waals surface area contributed by atoms with Crippen LogP contribution < -0.4 is 5.73 Å². The largest absolute Gasteiger partial charge is 0.390 e. The van der Waals surface area contributed by atoms with Gasteiger partial charge in [0, 0.05) is 0 Å². The Labute approximate surface area is 137 Å². The number of allylic oxidation sites excluding steroid dienone is 3. The first-order valence-electron chi connectivity index (χ1n) is 9.06. The fourth-order valence-electron chi connectivity index (χ4n) is 2.39. The van der Waals surface area contributed by atoms with Crippen LogP contribution in [0.2, 0.25) is 0 Å². The molecule has 0 aliphatic carbocycles. The van der Waals surface area contributed by atoms with E-state index >= 15 is 0 Å². The Hall–Kier alpha value is -0.640. The number of aliphatic hydroxyl groups excluding tert-OH is 2. The van der Waals surface area contributed by atoms with Gasteiger partial charge in [0.05, 0.1) is 6.61 Å². The lowest BCUT2D eigenvalue weighted by Crippen LogP contribution is -2.67. The van der Waals surface area contributed by atoms with Crippen molar-refractivity contribution in [3.05, 3.63) is 23.8 Å². The Morgan fingerprint density at radius 2 is 1.68 bits per heavy atom. The van der Waals surface area contributed by atoms with Crippen molar-refractivity contribution in [1.29, 1.82) is 0 Å². The molecule has 0 aromatic carbocycles. The third-order valence-electron chi connectivity index (χ3n) is 4.05. The smallest absolute Gasteiger partial charge is 0.138 e. The highest BCUT2D eigenvalue weighted by atomic mass is 16.3. The monoisotopic (exact) mass is 312 g/mol. The van der Waals surface area contributed by atoms with Crippen LogP contribution in [0.1, 0.15) is 78.1 Å². The molecule has 0 aliphatic rings. The Morgan fingerprint density at radius 3 is 2.32 bits per heavy atom. The van der Waals surface area contributed by atoms with Gasteiger partial charge in [-0.15, -0.1) is 0 Å². The van der Waals surface area contributed by atoms with Gasteiger partial charge in [-0.3, -0.25) is 0 Å². The minimum Gasteiger partial charge on any atom is -0.390 e. The lowest BCUT2D eigenvalue weighted by Gasteiger charge is -2.08. The fourth-order valence-corrected chi connectivity index (χ4v) is 2.39. The first kappa shape index (κ1) is 21.4. The normalized spacial score (nSPS) is 15.4. The Balaban J connectivity index is 3.58. The minimum absolute atomic E-state index is 0.0804. The standard InChI is InChI=1S/C19H37NO2/c1-3-4-5-6-7-8-10-13-17(2)14-11-9-12-15-19(22)18(20)16-21/h12,14-15,18-19,21-22H,3-11,13,16,20H2,1-2H3/p+1/b15-12+,17-14+/t18-,19+/m0/s1. The molecule has 0 amide bonds. The number of rotatable bonds is 14. The van der Waals surface area contributed by atoms with E-state index in [9.17, 15) is 5.11 Å². The zero-order valence-corrected chi connectivity index (χ0v) is 14.8. The van der Waals surface area contributed by atoms with E-state index in [0.29, 0.717) is 0 Å². The third kappa shape index (κ3) is 13.1. The van der Waals surface area contributed by atoms with E-state index in [1.54, 1.807) is 6.08 Å². The van der Waals surface area contributed by atoms with Crippen molar-refractivity contribution in [2.45, 2.75) is 90.2 Å². The Morgan fingerprint density at radius 1 is 1.05 bits per heavy atom. The maximum Gasteiger partial charge on any atom is 0.138 e. The van der Waals surface area contributed by atoms with Crippen molar-refractivity contribution in [1.82, 2.24) is 0 Å². The summed E-state index contributed by atoms with van der Waals surface area (Å²) in [5, 5.41) is 18.5. The minimum atomic E-state index is -0.636. The number of hydrogen-bond donors (Lipinski definition) is 3. The zero-order chi connectivity index (χ0) is 16.6. The van der Waals surface area contributed by atoms with Gasteiger partial charge in [0.2, 0.25) is 0 Å². The molecule has 0 bridgehead atoms. The van der Waals surface area contributed by atoms with E-state index < -0.39 is 6.10 Å². The highest BCUT2D eigenvalue weighted by Crippen LogP contribution is 2.13. The quantitative estimate of drug-likeness (QED) is 0.340. The summed E-state index contributed by atoms with van der Waals surface area (Å²) in [4.78, 5) is 0. The molecule has 3 heteroatoms. The van der Waals surface area contributed by atoms with E-state index in [0.717, 1.165) is 12.8 Å².